The van der Waals surface area contributed by atoms with E-state index in [1.54, 1.807) is 12.1 Å². The van der Waals surface area contributed by atoms with Crippen LogP contribution in [-0.2, 0) is 14.3 Å². The standard InChI is InChI=1S/C17H20N2O5/c1-12(17(21)18-14-7-3-4-8-14)24-16(20)11-10-13-6-2-5-9-15(13)19(22)23/h2,5-6,9-12,14H,3-4,7-8H2,1H3,(H,18,21)/b11-10+/t12-/m0/s1. The molecule has 7 heteroatoms. The van der Waals surface area contributed by atoms with Gasteiger partial charge < -0.3 is 10.1 Å². The normalized spacial score (nSPS) is 16.0. The average Bonchev–Trinajstić information content (AvgIpc) is 3.06. The van der Waals surface area contributed by atoms with E-state index in [1.165, 1.54) is 25.1 Å². The number of ether oxygens (including phenoxy) is 1. The minimum absolute atomic E-state index is 0.103. The minimum Gasteiger partial charge on any atom is -0.449 e. The zero-order valence-corrected chi connectivity index (χ0v) is 13.4. The van der Waals surface area contributed by atoms with Gasteiger partial charge in [0.1, 0.15) is 0 Å². The van der Waals surface area contributed by atoms with E-state index < -0.39 is 17.0 Å². The Kier molecular flexibility index (Phi) is 6.06. The van der Waals surface area contributed by atoms with Crippen LogP contribution in [0.3, 0.4) is 0 Å². The van der Waals surface area contributed by atoms with E-state index in [1.807, 2.05) is 0 Å². The molecule has 1 fully saturated rings. The molecule has 2 rings (SSSR count). The van der Waals surface area contributed by atoms with Crippen molar-refractivity contribution in [2.45, 2.75) is 44.8 Å². The number of nitro benzene ring substituents is 1. The zero-order chi connectivity index (χ0) is 17.5. The highest BCUT2D eigenvalue weighted by Gasteiger charge is 2.22. The molecule has 1 aromatic rings. The molecule has 0 aromatic heterocycles. The van der Waals surface area contributed by atoms with Gasteiger partial charge in [-0.2, -0.15) is 0 Å². The van der Waals surface area contributed by atoms with E-state index in [9.17, 15) is 19.7 Å². The van der Waals surface area contributed by atoms with Crippen molar-refractivity contribution in [2.24, 2.45) is 0 Å². The highest BCUT2D eigenvalue weighted by atomic mass is 16.6. The molecule has 0 saturated heterocycles. The van der Waals surface area contributed by atoms with E-state index in [-0.39, 0.29) is 17.6 Å². The number of esters is 1. The molecule has 1 saturated carbocycles. The van der Waals surface area contributed by atoms with E-state index in [2.05, 4.69) is 5.32 Å². The number of amides is 1. The largest absolute Gasteiger partial charge is 0.449 e. The molecule has 1 aromatic carbocycles. The van der Waals surface area contributed by atoms with E-state index in [0.29, 0.717) is 5.56 Å². The molecular weight excluding hydrogens is 312 g/mol. The van der Waals surface area contributed by atoms with Gasteiger partial charge in [-0.15, -0.1) is 0 Å². The van der Waals surface area contributed by atoms with Gasteiger partial charge in [0, 0.05) is 18.2 Å². The first-order chi connectivity index (χ1) is 11.5. The second-order valence-electron chi connectivity index (χ2n) is 5.72. The first-order valence-electron chi connectivity index (χ1n) is 7.90. The SMILES string of the molecule is C[C@H](OC(=O)/C=C/c1ccccc1[N+](=O)[O-])C(=O)NC1CCCC1. The van der Waals surface area contributed by atoms with Crippen molar-refractivity contribution in [3.8, 4) is 0 Å². The van der Waals surface area contributed by atoms with Crippen LogP contribution in [0.1, 0.15) is 38.2 Å². The van der Waals surface area contributed by atoms with Crippen molar-refractivity contribution in [2.75, 3.05) is 0 Å². The average molecular weight is 332 g/mol. The van der Waals surface area contributed by atoms with Gasteiger partial charge >= 0.3 is 5.97 Å². The van der Waals surface area contributed by atoms with Crippen molar-refractivity contribution < 1.29 is 19.2 Å². The monoisotopic (exact) mass is 332 g/mol. The number of rotatable bonds is 6. The van der Waals surface area contributed by atoms with Crippen LogP contribution in [-0.4, -0.2) is 28.9 Å². The maximum absolute atomic E-state index is 12.0. The van der Waals surface area contributed by atoms with Crippen molar-refractivity contribution in [3.05, 3.63) is 46.0 Å². The van der Waals surface area contributed by atoms with Gasteiger partial charge in [0.15, 0.2) is 6.10 Å². The predicted octanol–water partition coefficient (Wildman–Crippen LogP) is 2.60. The molecule has 0 aliphatic heterocycles. The molecule has 1 aliphatic rings. The van der Waals surface area contributed by atoms with Gasteiger partial charge in [-0.05, 0) is 31.9 Å². The van der Waals surface area contributed by atoms with Crippen molar-refractivity contribution in [3.63, 3.8) is 0 Å². The Morgan fingerprint density at radius 1 is 1.33 bits per heavy atom. The Morgan fingerprint density at radius 3 is 2.67 bits per heavy atom. The van der Waals surface area contributed by atoms with Gasteiger partial charge in [-0.1, -0.05) is 25.0 Å². The summed E-state index contributed by atoms with van der Waals surface area (Å²) in [5.74, 6) is -1.04. The van der Waals surface area contributed by atoms with Gasteiger partial charge in [-0.3, -0.25) is 14.9 Å². The first kappa shape index (κ1) is 17.7. The molecule has 0 heterocycles. The van der Waals surface area contributed by atoms with Crippen LogP contribution in [0.15, 0.2) is 30.3 Å². The number of nitro groups is 1. The molecule has 0 spiro atoms. The molecule has 1 aliphatic carbocycles. The second-order valence-corrected chi connectivity index (χ2v) is 5.72. The third-order valence-electron chi connectivity index (χ3n) is 3.90. The summed E-state index contributed by atoms with van der Waals surface area (Å²) in [5, 5.41) is 13.8. The Morgan fingerprint density at radius 2 is 2.00 bits per heavy atom. The molecule has 128 valence electrons. The van der Waals surface area contributed by atoms with Crippen LogP contribution in [0.2, 0.25) is 0 Å². The van der Waals surface area contributed by atoms with Crippen molar-refractivity contribution in [1.29, 1.82) is 0 Å². The van der Waals surface area contributed by atoms with Crippen LogP contribution in [0.4, 0.5) is 5.69 Å². The summed E-state index contributed by atoms with van der Waals surface area (Å²) < 4.78 is 5.04. The Bertz CT molecular complexity index is 650. The summed E-state index contributed by atoms with van der Waals surface area (Å²) in [6.07, 6.45) is 5.57. The fourth-order valence-corrected chi connectivity index (χ4v) is 2.61. The lowest BCUT2D eigenvalue weighted by molar-refractivity contribution is -0.385. The summed E-state index contributed by atoms with van der Waals surface area (Å²) in [6, 6.07) is 6.21. The van der Waals surface area contributed by atoms with Crippen LogP contribution in [0, 0.1) is 10.1 Å². The molecule has 24 heavy (non-hydrogen) atoms. The highest BCUT2D eigenvalue weighted by Crippen LogP contribution is 2.19. The van der Waals surface area contributed by atoms with Crippen LogP contribution in [0.25, 0.3) is 6.08 Å². The minimum atomic E-state index is -0.909. The quantitative estimate of drug-likeness (QED) is 0.374. The van der Waals surface area contributed by atoms with Crippen LogP contribution >= 0.6 is 0 Å². The number of para-hydroxylation sites is 1. The smallest absolute Gasteiger partial charge is 0.331 e. The Balaban J connectivity index is 1.90. The summed E-state index contributed by atoms with van der Waals surface area (Å²) in [4.78, 5) is 34.1. The molecule has 0 unspecified atom stereocenters. The number of nitrogens with zero attached hydrogens (tertiary/aromatic N) is 1. The Hall–Kier alpha value is -2.70. The predicted molar refractivity (Wildman–Crippen MR) is 88.1 cm³/mol. The molecule has 1 N–H and O–H groups in total. The highest BCUT2D eigenvalue weighted by molar-refractivity contribution is 5.90. The third kappa shape index (κ3) is 4.91. The lowest BCUT2D eigenvalue weighted by atomic mass is 10.1. The number of benzene rings is 1. The molecule has 0 bridgehead atoms. The number of carbonyl (C=O) groups is 2. The fourth-order valence-electron chi connectivity index (χ4n) is 2.61. The van der Waals surface area contributed by atoms with Gasteiger partial charge in [0.2, 0.25) is 0 Å². The lowest BCUT2D eigenvalue weighted by Crippen LogP contribution is -2.40. The molecule has 7 nitrogen and oxygen atoms in total. The maximum Gasteiger partial charge on any atom is 0.331 e. The van der Waals surface area contributed by atoms with Crippen LogP contribution < -0.4 is 5.32 Å². The topological polar surface area (TPSA) is 98.5 Å². The fraction of sp³-hybridized carbons (Fsp3) is 0.412. The number of hydrogen-bond acceptors (Lipinski definition) is 5. The van der Waals surface area contributed by atoms with Gasteiger partial charge in [0.05, 0.1) is 10.5 Å². The molecule has 1 amide bonds. The van der Waals surface area contributed by atoms with E-state index in [4.69, 9.17) is 4.74 Å². The zero-order valence-electron chi connectivity index (χ0n) is 13.4. The molecule has 0 radical (unpaired) electrons. The van der Waals surface area contributed by atoms with Crippen molar-refractivity contribution in [1.82, 2.24) is 5.32 Å². The van der Waals surface area contributed by atoms with Crippen molar-refractivity contribution >= 4 is 23.6 Å². The summed E-state index contributed by atoms with van der Waals surface area (Å²) >= 11 is 0. The second kappa shape index (κ2) is 8.24. The first-order valence-corrected chi connectivity index (χ1v) is 7.90. The van der Waals surface area contributed by atoms with Gasteiger partial charge in [-0.25, -0.2) is 4.79 Å². The summed E-state index contributed by atoms with van der Waals surface area (Å²) in [6.45, 7) is 1.50. The number of carbonyl (C=O) groups excluding carboxylic acids is 2. The van der Waals surface area contributed by atoms with E-state index >= 15 is 0 Å². The maximum atomic E-state index is 12.0. The summed E-state index contributed by atoms with van der Waals surface area (Å²) in [5.41, 5.74) is 0.191. The lowest BCUT2D eigenvalue weighted by Gasteiger charge is -2.16. The van der Waals surface area contributed by atoms with E-state index in [0.717, 1.165) is 31.8 Å². The Labute approximate surface area is 139 Å². The van der Waals surface area contributed by atoms with Crippen LogP contribution in [0.5, 0.6) is 0 Å². The number of hydrogen-bond donors (Lipinski definition) is 1. The van der Waals surface area contributed by atoms with Gasteiger partial charge in [0.25, 0.3) is 11.6 Å². The third-order valence-corrected chi connectivity index (χ3v) is 3.90. The summed E-state index contributed by atoms with van der Waals surface area (Å²) in [7, 11) is 0. The number of nitrogens with one attached hydrogen (secondary N) is 1. The molecule has 1 atom stereocenters. The molecular formula is C17H20N2O5.